The number of carbonyl (C=O) groups excluding carboxylic acids is 1. The largest absolute Gasteiger partial charge is 0.481 e. The summed E-state index contributed by atoms with van der Waals surface area (Å²) >= 11 is 1.17. The van der Waals surface area contributed by atoms with Gasteiger partial charge in [0.1, 0.15) is 5.56 Å². The molecule has 5 rings (SSSR count). The lowest BCUT2D eigenvalue weighted by Gasteiger charge is -2.25. The number of thiazole rings is 1. The number of aromatic nitrogens is 2. The van der Waals surface area contributed by atoms with Gasteiger partial charge in [-0.25, -0.2) is 4.98 Å². The van der Waals surface area contributed by atoms with E-state index in [0.29, 0.717) is 29.2 Å². The zero-order chi connectivity index (χ0) is 21.8. The van der Waals surface area contributed by atoms with Crippen molar-refractivity contribution < 1.29 is 14.7 Å². The summed E-state index contributed by atoms with van der Waals surface area (Å²) in [5.74, 6) is -0.499. The molecular formula is C23H27N3O4S. The number of anilines is 1. The molecule has 0 radical (unpaired) electrons. The van der Waals surface area contributed by atoms with E-state index in [0.717, 1.165) is 36.9 Å². The standard InChI is InChI=1S/C23H27N3O4S/c1-23-9-17(23)15-8-16(20(29)25-22-24-14(12-31-22)7-19(27)28)21(30)26(18(15)10-23)11-13-5-3-2-4-6-13/h8,12-13,17H,2-7,9-11H2,1H3,(H,27,28)(H,24,25,29)/t17-,23?/m0/s1. The maximum Gasteiger partial charge on any atom is 0.309 e. The van der Waals surface area contributed by atoms with Crippen LogP contribution in [0.2, 0.25) is 0 Å². The van der Waals surface area contributed by atoms with Crippen molar-refractivity contribution in [3.05, 3.63) is 44.3 Å². The van der Waals surface area contributed by atoms with Gasteiger partial charge in [0.2, 0.25) is 0 Å². The molecule has 2 atom stereocenters. The first kappa shape index (κ1) is 20.4. The molecule has 7 nitrogen and oxygen atoms in total. The number of pyridine rings is 1. The first-order chi connectivity index (χ1) is 14.8. The number of nitrogens with zero attached hydrogens (tertiary/aromatic N) is 2. The van der Waals surface area contributed by atoms with Crippen molar-refractivity contribution in [2.75, 3.05) is 5.32 Å². The van der Waals surface area contributed by atoms with Crippen molar-refractivity contribution in [1.29, 1.82) is 0 Å². The molecule has 2 aromatic heterocycles. The Morgan fingerprint density at radius 1 is 1.32 bits per heavy atom. The third-order valence-corrected chi connectivity index (χ3v) is 8.05. The Labute approximate surface area is 184 Å². The SMILES string of the molecule is CC12Cc3c(cc(C(=O)Nc4nc(CC(=O)O)cs4)c(=O)n3CC3CCCCC3)[C@@H]1C2. The molecule has 164 valence electrons. The number of hydrogen-bond acceptors (Lipinski definition) is 5. The van der Waals surface area contributed by atoms with Gasteiger partial charge in [-0.3, -0.25) is 19.7 Å². The topological polar surface area (TPSA) is 101 Å². The second-order valence-corrected chi connectivity index (χ2v) is 10.5. The Morgan fingerprint density at radius 3 is 2.84 bits per heavy atom. The second-order valence-electron chi connectivity index (χ2n) is 9.64. The van der Waals surface area contributed by atoms with Gasteiger partial charge in [0.25, 0.3) is 11.5 Å². The Balaban J connectivity index is 1.45. The average molecular weight is 442 g/mol. The lowest BCUT2D eigenvalue weighted by Crippen LogP contribution is -2.34. The quantitative estimate of drug-likeness (QED) is 0.710. The molecule has 3 aliphatic carbocycles. The third kappa shape index (κ3) is 3.82. The van der Waals surface area contributed by atoms with Gasteiger partial charge in [-0.2, -0.15) is 0 Å². The smallest absolute Gasteiger partial charge is 0.309 e. The number of rotatable bonds is 6. The van der Waals surface area contributed by atoms with E-state index in [-0.39, 0.29) is 23.0 Å². The van der Waals surface area contributed by atoms with Gasteiger partial charge < -0.3 is 9.67 Å². The summed E-state index contributed by atoms with van der Waals surface area (Å²) in [7, 11) is 0. The first-order valence-electron chi connectivity index (χ1n) is 11.1. The number of nitrogens with one attached hydrogen (secondary N) is 1. The van der Waals surface area contributed by atoms with Crippen LogP contribution in [0.4, 0.5) is 5.13 Å². The van der Waals surface area contributed by atoms with Crippen molar-refractivity contribution in [2.45, 2.75) is 70.8 Å². The third-order valence-electron chi connectivity index (χ3n) is 7.25. The summed E-state index contributed by atoms with van der Waals surface area (Å²) in [6, 6.07) is 1.80. The molecule has 2 fully saturated rings. The van der Waals surface area contributed by atoms with Crippen molar-refractivity contribution in [2.24, 2.45) is 11.3 Å². The highest BCUT2D eigenvalue weighted by Crippen LogP contribution is 2.66. The highest BCUT2D eigenvalue weighted by Gasteiger charge is 2.57. The van der Waals surface area contributed by atoms with Gasteiger partial charge in [-0.15, -0.1) is 11.3 Å². The van der Waals surface area contributed by atoms with Crippen LogP contribution in [0.5, 0.6) is 0 Å². The van der Waals surface area contributed by atoms with Crippen LogP contribution in [0.1, 0.15) is 78.7 Å². The van der Waals surface area contributed by atoms with E-state index in [1.54, 1.807) is 11.4 Å². The number of carbonyl (C=O) groups is 2. The van der Waals surface area contributed by atoms with E-state index in [2.05, 4.69) is 17.2 Å². The van der Waals surface area contributed by atoms with Gasteiger partial charge in [-0.1, -0.05) is 26.2 Å². The number of aliphatic carboxylic acids is 1. The van der Waals surface area contributed by atoms with Crippen molar-refractivity contribution in [3.8, 4) is 0 Å². The molecule has 31 heavy (non-hydrogen) atoms. The molecule has 2 saturated carbocycles. The summed E-state index contributed by atoms with van der Waals surface area (Å²) in [5.41, 5.74) is 2.87. The zero-order valence-electron chi connectivity index (χ0n) is 17.6. The van der Waals surface area contributed by atoms with Crippen LogP contribution >= 0.6 is 11.3 Å². The number of fused-ring (bicyclic) bond motifs is 3. The fourth-order valence-corrected chi connectivity index (χ4v) is 6.15. The zero-order valence-corrected chi connectivity index (χ0v) is 18.5. The Kier molecular flexibility index (Phi) is 5.00. The average Bonchev–Trinajstić information content (AvgIpc) is 3.05. The van der Waals surface area contributed by atoms with Crippen LogP contribution in [0.3, 0.4) is 0 Å². The molecule has 8 heteroatoms. The molecular weight excluding hydrogens is 414 g/mol. The highest BCUT2D eigenvalue weighted by molar-refractivity contribution is 7.14. The van der Waals surface area contributed by atoms with Crippen LogP contribution in [-0.2, 0) is 24.2 Å². The second kappa shape index (κ2) is 7.58. The molecule has 0 bridgehead atoms. The number of carboxylic acid groups (broad SMARTS) is 1. The van der Waals surface area contributed by atoms with Gasteiger partial charge in [0.05, 0.1) is 12.1 Å². The molecule has 0 aromatic carbocycles. The van der Waals surface area contributed by atoms with Gasteiger partial charge in [0.15, 0.2) is 5.13 Å². The van der Waals surface area contributed by atoms with Crippen LogP contribution in [0.25, 0.3) is 0 Å². The van der Waals surface area contributed by atoms with Crippen molar-refractivity contribution in [3.63, 3.8) is 0 Å². The van der Waals surface area contributed by atoms with Crippen LogP contribution in [0, 0.1) is 11.3 Å². The Bertz CT molecular complexity index is 1110. The van der Waals surface area contributed by atoms with E-state index in [1.807, 2.05) is 4.57 Å². The predicted octanol–water partition coefficient (Wildman–Crippen LogP) is 3.81. The summed E-state index contributed by atoms with van der Waals surface area (Å²) in [6.45, 7) is 2.97. The monoisotopic (exact) mass is 441 g/mol. The maximum atomic E-state index is 13.4. The highest BCUT2D eigenvalue weighted by atomic mass is 32.1. The Hall–Kier alpha value is -2.48. The summed E-state index contributed by atoms with van der Waals surface area (Å²) in [5, 5.41) is 13.6. The van der Waals surface area contributed by atoms with E-state index >= 15 is 0 Å². The molecule has 0 saturated heterocycles. The molecule has 2 N–H and O–H groups in total. The van der Waals surface area contributed by atoms with E-state index in [1.165, 1.54) is 30.6 Å². The van der Waals surface area contributed by atoms with Crippen molar-refractivity contribution in [1.82, 2.24) is 9.55 Å². The predicted molar refractivity (Wildman–Crippen MR) is 118 cm³/mol. The molecule has 0 aliphatic heterocycles. The van der Waals surface area contributed by atoms with Gasteiger partial charge in [0, 0.05) is 17.6 Å². The molecule has 1 amide bonds. The number of carboxylic acids is 1. The minimum atomic E-state index is -0.972. The number of hydrogen-bond donors (Lipinski definition) is 2. The maximum absolute atomic E-state index is 13.4. The normalized spacial score (nSPS) is 24.5. The van der Waals surface area contributed by atoms with Crippen LogP contribution in [0.15, 0.2) is 16.2 Å². The van der Waals surface area contributed by atoms with Crippen LogP contribution < -0.4 is 10.9 Å². The van der Waals surface area contributed by atoms with Crippen molar-refractivity contribution >= 4 is 28.3 Å². The summed E-state index contributed by atoms with van der Waals surface area (Å²) in [4.78, 5) is 41.5. The van der Waals surface area contributed by atoms with Gasteiger partial charge >= 0.3 is 5.97 Å². The summed E-state index contributed by atoms with van der Waals surface area (Å²) in [6.07, 6.45) is 7.82. The molecule has 2 aromatic rings. The van der Waals surface area contributed by atoms with Gasteiger partial charge in [-0.05, 0) is 54.6 Å². The fourth-order valence-electron chi connectivity index (χ4n) is 5.44. The Morgan fingerprint density at radius 2 is 2.10 bits per heavy atom. The molecule has 2 heterocycles. The van der Waals surface area contributed by atoms with E-state index in [9.17, 15) is 14.4 Å². The minimum Gasteiger partial charge on any atom is -0.481 e. The molecule has 1 unspecified atom stereocenters. The lowest BCUT2D eigenvalue weighted by atomic mass is 9.89. The summed E-state index contributed by atoms with van der Waals surface area (Å²) < 4.78 is 1.90. The lowest BCUT2D eigenvalue weighted by molar-refractivity contribution is -0.136. The number of amides is 1. The molecule has 0 spiro atoms. The molecule has 3 aliphatic rings. The van der Waals surface area contributed by atoms with E-state index in [4.69, 9.17) is 5.11 Å². The fraction of sp³-hybridized carbons (Fsp3) is 0.565. The minimum absolute atomic E-state index is 0.167. The van der Waals surface area contributed by atoms with E-state index < -0.39 is 11.9 Å². The van der Waals surface area contributed by atoms with Crippen LogP contribution in [-0.4, -0.2) is 26.5 Å². The first-order valence-corrected chi connectivity index (χ1v) is 12.0.